The standard InChI is InChI=1S/C15H11BrFNO/c16-12-7-10(17)6-11-14(9-4-2-1-3-5-9)13(8-18)19-15(11)12/h1-7H,8,18H2. The first-order valence-electron chi connectivity index (χ1n) is 5.86. The molecule has 0 fully saturated rings. The van der Waals surface area contributed by atoms with E-state index in [1.165, 1.54) is 12.1 Å². The van der Waals surface area contributed by atoms with Gasteiger partial charge in [0.2, 0.25) is 0 Å². The number of hydrogen-bond acceptors (Lipinski definition) is 2. The van der Waals surface area contributed by atoms with Crippen molar-refractivity contribution in [1.82, 2.24) is 0 Å². The van der Waals surface area contributed by atoms with Crippen molar-refractivity contribution in [2.45, 2.75) is 6.54 Å². The lowest BCUT2D eigenvalue weighted by Crippen LogP contribution is -1.95. The summed E-state index contributed by atoms with van der Waals surface area (Å²) >= 11 is 3.32. The van der Waals surface area contributed by atoms with E-state index in [4.69, 9.17) is 10.2 Å². The van der Waals surface area contributed by atoms with Crippen LogP contribution in [0.3, 0.4) is 0 Å². The van der Waals surface area contributed by atoms with Crippen molar-refractivity contribution in [3.63, 3.8) is 0 Å². The van der Waals surface area contributed by atoms with Gasteiger partial charge in [-0.3, -0.25) is 0 Å². The van der Waals surface area contributed by atoms with E-state index in [0.29, 0.717) is 15.8 Å². The number of hydrogen-bond donors (Lipinski definition) is 1. The van der Waals surface area contributed by atoms with Gasteiger partial charge in [0.15, 0.2) is 0 Å². The summed E-state index contributed by atoms with van der Waals surface area (Å²) in [4.78, 5) is 0. The van der Waals surface area contributed by atoms with E-state index in [1.54, 1.807) is 0 Å². The summed E-state index contributed by atoms with van der Waals surface area (Å²) in [6, 6.07) is 12.6. The number of furan rings is 1. The Labute approximate surface area is 118 Å². The second-order valence-electron chi connectivity index (χ2n) is 4.23. The number of nitrogens with two attached hydrogens (primary N) is 1. The Hall–Kier alpha value is -1.65. The van der Waals surface area contributed by atoms with Crippen LogP contribution in [0.5, 0.6) is 0 Å². The summed E-state index contributed by atoms with van der Waals surface area (Å²) in [7, 11) is 0. The van der Waals surface area contributed by atoms with Gasteiger partial charge in [0.25, 0.3) is 0 Å². The number of fused-ring (bicyclic) bond motifs is 1. The predicted molar refractivity (Wildman–Crippen MR) is 77.2 cm³/mol. The summed E-state index contributed by atoms with van der Waals surface area (Å²) in [5.41, 5.74) is 8.19. The van der Waals surface area contributed by atoms with Crippen molar-refractivity contribution in [2.24, 2.45) is 5.73 Å². The van der Waals surface area contributed by atoms with Gasteiger partial charge in [-0.2, -0.15) is 0 Å². The Morgan fingerprint density at radius 1 is 1.16 bits per heavy atom. The van der Waals surface area contributed by atoms with E-state index >= 15 is 0 Å². The molecule has 0 aliphatic rings. The molecule has 0 aliphatic carbocycles. The van der Waals surface area contributed by atoms with Gasteiger partial charge in [0.1, 0.15) is 17.2 Å². The van der Waals surface area contributed by atoms with Crippen LogP contribution in [0, 0.1) is 5.82 Å². The number of rotatable bonds is 2. The molecule has 2 N–H and O–H groups in total. The third-order valence-corrected chi connectivity index (χ3v) is 3.62. The van der Waals surface area contributed by atoms with Crippen molar-refractivity contribution in [3.05, 3.63) is 58.5 Å². The molecule has 0 spiro atoms. The van der Waals surface area contributed by atoms with Gasteiger partial charge < -0.3 is 10.2 Å². The fraction of sp³-hybridized carbons (Fsp3) is 0.0667. The Bertz CT molecular complexity index is 737. The predicted octanol–water partition coefficient (Wildman–Crippen LogP) is 4.46. The van der Waals surface area contributed by atoms with E-state index in [0.717, 1.165) is 16.5 Å². The molecule has 0 atom stereocenters. The molecule has 3 rings (SSSR count). The Balaban J connectivity index is 2.39. The van der Waals surface area contributed by atoms with Crippen LogP contribution in [0.2, 0.25) is 0 Å². The number of halogens is 2. The molecule has 0 saturated carbocycles. The molecule has 1 heterocycles. The van der Waals surface area contributed by atoms with Crippen LogP contribution in [-0.2, 0) is 6.54 Å². The van der Waals surface area contributed by atoms with E-state index in [1.807, 2.05) is 30.3 Å². The fourth-order valence-electron chi connectivity index (χ4n) is 2.24. The molecule has 4 heteroatoms. The molecule has 19 heavy (non-hydrogen) atoms. The second kappa shape index (κ2) is 4.79. The maximum absolute atomic E-state index is 13.6. The Kier molecular flexibility index (Phi) is 3.12. The highest BCUT2D eigenvalue weighted by atomic mass is 79.9. The van der Waals surface area contributed by atoms with Crippen LogP contribution >= 0.6 is 15.9 Å². The molecule has 0 bridgehead atoms. The zero-order chi connectivity index (χ0) is 13.4. The van der Waals surface area contributed by atoms with Gasteiger partial charge in [-0.15, -0.1) is 0 Å². The maximum atomic E-state index is 13.6. The van der Waals surface area contributed by atoms with Gasteiger partial charge >= 0.3 is 0 Å². The summed E-state index contributed by atoms with van der Waals surface area (Å²) < 4.78 is 20.0. The minimum absolute atomic E-state index is 0.271. The Morgan fingerprint density at radius 2 is 1.89 bits per heavy atom. The van der Waals surface area contributed by atoms with Crippen molar-refractivity contribution in [2.75, 3.05) is 0 Å². The smallest absolute Gasteiger partial charge is 0.149 e. The van der Waals surface area contributed by atoms with Gasteiger partial charge in [0, 0.05) is 10.9 Å². The van der Waals surface area contributed by atoms with Gasteiger partial charge in [-0.25, -0.2) is 4.39 Å². The van der Waals surface area contributed by atoms with Crippen molar-refractivity contribution < 1.29 is 8.81 Å². The summed E-state index contributed by atoms with van der Waals surface area (Å²) in [5.74, 6) is 0.355. The van der Waals surface area contributed by atoms with Crippen LogP contribution < -0.4 is 5.73 Å². The highest BCUT2D eigenvalue weighted by molar-refractivity contribution is 9.10. The third kappa shape index (κ3) is 2.07. The average molecular weight is 320 g/mol. The zero-order valence-electron chi connectivity index (χ0n) is 9.99. The maximum Gasteiger partial charge on any atom is 0.149 e. The molecule has 2 aromatic carbocycles. The molecule has 0 aliphatic heterocycles. The van der Waals surface area contributed by atoms with Crippen molar-refractivity contribution in [1.29, 1.82) is 0 Å². The summed E-state index contributed by atoms with van der Waals surface area (Å²) in [5, 5.41) is 0.735. The largest absolute Gasteiger partial charge is 0.458 e. The lowest BCUT2D eigenvalue weighted by molar-refractivity contribution is 0.551. The average Bonchev–Trinajstić information content (AvgIpc) is 2.78. The normalized spacial score (nSPS) is 11.1. The quantitative estimate of drug-likeness (QED) is 0.757. The van der Waals surface area contributed by atoms with Gasteiger partial charge in [-0.05, 0) is 33.6 Å². The molecule has 3 aromatic rings. The highest BCUT2D eigenvalue weighted by Gasteiger charge is 2.17. The molecular weight excluding hydrogens is 309 g/mol. The highest BCUT2D eigenvalue weighted by Crippen LogP contribution is 2.38. The van der Waals surface area contributed by atoms with Crippen LogP contribution in [-0.4, -0.2) is 0 Å². The lowest BCUT2D eigenvalue weighted by Gasteiger charge is -2.01. The van der Waals surface area contributed by atoms with E-state index in [9.17, 15) is 4.39 Å². The SMILES string of the molecule is NCc1oc2c(Br)cc(F)cc2c1-c1ccccc1. The minimum atomic E-state index is -0.305. The summed E-state index contributed by atoms with van der Waals surface area (Å²) in [6.45, 7) is 0.271. The molecule has 0 saturated heterocycles. The Morgan fingerprint density at radius 3 is 2.58 bits per heavy atom. The van der Waals surface area contributed by atoms with Crippen molar-refractivity contribution >= 4 is 26.9 Å². The van der Waals surface area contributed by atoms with Gasteiger partial charge in [0.05, 0.1) is 11.0 Å². The van der Waals surface area contributed by atoms with E-state index < -0.39 is 0 Å². The first kappa shape index (κ1) is 12.4. The first-order chi connectivity index (χ1) is 9.20. The molecule has 0 amide bonds. The van der Waals surface area contributed by atoms with Crippen LogP contribution in [0.15, 0.2) is 51.4 Å². The monoisotopic (exact) mass is 319 g/mol. The van der Waals surface area contributed by atoms with Crippen LogP contribution in [0.25, 0.3) is 22.1 Å². The fourth-order valence-corrected chi connectivity index (χ4v) is 2.75. The number of benzene rings is 2. The molecule has 0 unspecified atom stereocenters. The zero-order valence-corrected chi connectivity index (χ0v) is 11.6. The van der Waals surface area contributed by atoms with Crippen LogP contribution in [0.1, 0.15) is 5.76 Å². The lowest BCUT2D eigenvalue weighted by atomic mass is 10.0. The third-order valence-electron chi connectivity index (χ3n) is 3.03. The first-order valence-corrected chi connectivity index (χ1v) is 6.66. The van der Waals surface area contributed by atoms with Gasteiger partial charge in [-0.1, -0.05) is 30.3 Å². The van der Waals surface area contributed by atoms with Crippen molar-refractivity contribution in [3.8, 4) is 11.1 Å². The topological polar surface area (TPSA) is 39.2 Å². The van der Waals surface area contributed by atoms with E-state index in [-0.39, 0.29) is 12.4 Å². The molecule has 0 radical (unpaired) electrons. The molecule has 96 valence electrons. The molecular formula is C15H11BrFNO. The second-order valence-corrected chi connectivity index (χ2v) is 5.09. The molecule has 1 aromatic heterocycles. The van der Waals surface area contributed by atoms with Crippen LogP contribution in [0.4, 0.5) is 4.39 Å². The van der Waals surface area contributed by atoms with E-state index in [2.05, 4.69) is 15.9 Å². The summed E-state index contributed by atoms with van der Waals surface area (Å²) in [6.07, 6.45) is 0. The molecule has 2 nitrogen and oxygen atoms in total. The minimum Gasteiger partial charge on any atom is -0.458 e.